The van der Waals surface area contributed by atoms with E-state index in [-0.39, 0.29) is 5.97 Å². The minimum absolute atomic E-state index is 0.247. The molecule has 3 heteroatoms. The minimum atomic E-state index is -0.247. The monoisotopic (exact) mass is 276 g/mol. The Kier molecular flexibility index (Phi) is 6.02. The van der Waals surface area contributed by atoms with Crippen LogP contribution in [0.25, 0.3) is 0 Å². The van der Waals surface area contributed by atoms with E-state index in [0.29, 0.717) is 6.61 Å². The topological polar surface area (TPSA) is 26.3 Å². The van der Waals surface area contributed by atoms with Crippen LogP contribution in [-0.2, 0) is 16.1 Å². The van der Waals surface area contributed by atoms with E-state index >= 15 is 0 Å². The molecule has 0 spiro atoms. The van der Waals surface area contributed by atoms with Gasteiger partial charge in [-0.15, -0.1) is 0 Å². The second-order valence-electron chi connectivity index (χ2n) is 4.71. The molecule has 1 aliphatic heterocycles. The molecule has 0 saturated carbocycles. The summed E-state index contributed by atoms with van der Waals surface area (Å²) in [5, 5.41) is 0.796. The Morgan fingerprint density at radius 3 is 2.95 bits per heavy atom. The highest BCUT2D eigenvalue weighted by Gasteiger charge is 2.13. The van der Waals surface area contributed by atoms with Crippen LogP contribution in [0, 0.1) is 0 Å². The van der Waals surface area contributed by atoms with Gasteiger partial charge in [-0.3, -0.25) is 0 Å². The zero-order valence-corrected chi connectivity index (χ0v) is 11.9. The quantitative estimate of drug-likeness (QED) is 0.581. The number of hydrogen-bond acceptors (Lipinski definition) is 3. The average molecular weight is 276 g/mol. The summed E-state index contributed by atoms with van der Waals surface area (Å²) < 4.78 is 5.17. The maximum Gasteiger partial charge on any atom is 0.330 e. The number of rotatable bonds is 6. The van der Waals surface area contributed by atoms with E-state index in [1.807, 2.05) is 36.4 Å². The third-order valence-electron chi connectivity index (χ3n) is 3.16. The molecule has 1 atom stereocenters. The summed E-state index contributed by atoms with van der Waals surface area (Å²) in [5.74, 6) is 1.05. The van der Waals surface area contributed by atoms with Crippen molar-refractivity contribution in [1.82, 2.24) is 0 Å². The largest absolute Gasteiger partial charge is 0.458 e. The highest BCUT2D eigenvalue weighted by molar-refractivity contribution is 8.00. The first-order valence-electron chi connectivity index (χ1n) is 6.83. The van der Waals surface area contributed by atoms with Crippen LogP contribution in [0.15, 0.2) is 42.5 Å². The molecule has 0 amide bonds. The first-order chi connectivity index (χ1) is 9.34. The number of carbonyl (C=O) groups is 1. The number of ether oxygens (including phenoxy) is 1. The zero-order chi connectivity index (χ0) is 13.3. The molecule has 2 rings (SSSR count). The van der Waals surface area contributed by atoms with E-state index < -0.39 is 0 Å². The minimum Gasteiger partial charge on any atom is -0.458 e. The molecule has 1 saturated heterocycles. The van der Waals surface area contributed by atoms with Gasteiger partial charge in [0.2, 0.25) is 0 Å². The first-order valence-corrected chi connectivity index (χ1v) is 7.88. The Labute approximate surface area is 119 Å². The normalized spacial score (nSPS) is 18.8. The Hall–Kier alpha value is -1.22. The van der Waals surface area contributed by atoms with Gasteiger partial charge in [-0.05, 0) is 37.0 Å². The van der Waals surface area contributed by atoms with E-state index in [4.69, 9.17) is 4.74 Å². The van der Waals surface area contributed by atoms with Crippen molar-refractivity contribution in [3.8, 4) is 0 Å². The Morgan fingerprint density at radius 1 is 1.37 bits per heavy atom. The predicted octanol–water partition coefficient (Wildman–Crippen LogP) is 3.96. The van der Waals surface area contributed by atoms with Crippen molar-refractivity contribution in [2.45, 2.75) is 37.5 Å². The SMILES string of the molecule is O=C(/C=C/CCC1CCCS1)OCc1ccccc1. The van der Waals surface area contributed by atoms with E-state index in [1.165, 1.54) is 25.0 Å². The zero-order valence-electron chi connectivity index (χ0n) is 11.1. The fourth-order valence-electron chi connectivity index (χ4n) is 2.11. The molecule has 1 heterocycles. The highest BCUT2D eigenvalue weighted by atomic mass is 32.2. The molecular formula is C16H20O2S. The van der Waals surface area contributed by atoms with Gasteiger partial charge in [0.05, 0.1) is 0 Å². The van der Waals surface area contributed by atoms with Gasteiger partial charge in [-0.25, -0.2) is 4.79 Å². The molecule has 19 heavy (non-hydrogen) atoms. The summed E-state index contributed by atoms with van der Waals surface area (Å²) in [7, 11) is 0. The lowest BCUT2D eigenvalue weighted by molar-refractivity contribution is -0.139. The molecule has 1 aromatic carbocycles. The molecule has 2 nitrogen and oxygen atoms in total. The van der Waals surface area contributed by atoms with Crippen molar-refractivity contribution in [3.05, 3.63) is 48.0 Å². The van der Waals surface area contributed by atoms with Crippen molar-refractivity contribution in [3.63, 3.8) is 0 Å². The lowest BCUT2D eigenvalue weighted by Crippen LogP contribution is -2.01. The van der Waals surface area contributed by atoms with Gasteiger partial charge >= 0.3 is 5.97 Å². The molecule has 1 unspecified atom stereocenters. The summed E-state index contributed by atoms with van der Waals surface area (Å²) in [6.45, 7) is 0.350. The molecule has 0 aliphatic carbocycles. The second kappa shape index (κ2) is 8.05. The summed E-state index contributed by atoms with van der Waals surface area (Å²) >= 11 is 2.06. The molecule has 0 radical (unpaired) electrons. The van der Waals surface area contributed by atoms with Gasteiger partial charge in [0.1, 0.15) is 6.61 Å². The van der Waals surface area contributed by atoms with Crippen LogP contribution < -0.4 is 0 Å². The van der Waals surface area contributed by atoms with E-state index in [2.05, 4.69) is 11.8 Å². The Bertz CT molecular complexity index is 408. The second-order valence-corrected chi connectivity index (χ2v) is 6.12. The average Bonchev–Trinajstić information content (AvgIpc) is 2.96. The summed E-state index contributed by atoms with van der Waals surface area (Å²) in [6, 6.07) is 9.74. The van der Waals surface area contributed by atoms with Crippen molar-refractivity contribution >= 4 is 17.7 Å². The first kappa shape index (κ1) is 14.2. The van der Waals surface area contributed by atoms with Crippen LogP contribution in [0.4, 0.5) is 0 Å². The van der Waals surface area contributed by atoms with Gasteiger partial charge in [0.25, 0.3) is 0 Å². The van der Waals surface area contributed by atoms with Crippen molar-refractivity contribution in [2.24, 2.45) is 0 Å². The van der Waals surface area contributed by atoms with Crippen LogP contribution in [-0.4, -0.2) is 17.0 Å². The summed E-state index contributed by atoms with van der Waals surface area (Å²) in [6.07, 6.45) is 8.31. The van der Waals surface area contributed by atoms with Gasteiger partial charge in [-0.1, -0.05) is 36.4 Å². The van der Waals surface area contributed by atoms with Gasteiger partial charge < -0.3 is 4.74 Å². The number of hydrogen-bond donors (Lipinski definition) is 0. The third kappa shape index (κ3) is 5.52. The van der Waals surface area contributed by atoms with Crippen LogP contribution >= 0.6 is 11.8 Å². The Morgan fingerprint density at radius 2 is 2.21 bits per heavy atom. The number of esters is 1. The number of carbonyl (C=O) groups excluding carboxylic acids is 1. The van der Waals surface area contributed by atoms with Crippen molar-refractivity contribution in [2.75, 3.05) is 5.75 Å². The lowest BCUT2D eigenvalue weighted by Gasteiger charge is -2.04. The maximum absolute atomic E-state index is 11.5. The molecule has 0 bridgehead atoms. The smallest absolute Gasteiger partial charge is 0.330 e. The molecule has 0 N–H and O–H groups in total. The molecule has 102 valence electrons. The molecular weight excluding hydrogens is 256 g/mol. The Balaban J connectivity index is 1.61. The van der Waals surface area contributed by atoms with Crippen molar-refractivity contribution < 1.29 is 9.53 Å². The highest BCUT2D eigenvalue weighted by Crippen LogP contribution is 2.29. The van der Waals surface area contributed by atoms with Crippen LogP contribution in [0.3, 0.4) is 0 Å². The van der Waals surface area contributed by atoms with Gasteiger partial charge in [0.15, 0.2) is 0 Å². The van der Waals surface area contributed by atoms with Crippen LogP contribution in [0.5, 0.6) is 0 Å². The molecule has 1 aliphatic rings. The predicted molar refractivity (Wildman–Crippen MR) is 80.1 cm³/mol. The fourth-order valence-corrected chi connectivity index (χ4v) is 3.41. The molecule has 0 aromatic heterocycles. The number of thioether (sulfide) groups is 1. The lowest BCUT2D eigenvalue weighted by atomic mass is 10.1. The number of allylic oxidation sites excluding steroid dienone is 1. The van der Waals surface area contributed by atoms with Crippen LogP contribution in [0.1, 0.15) is 31.2 Å². The maximum atomic E-state index is 11.5. The van der Waals surface area contributed by atoms with Gasteiger partial charge in [0, 0.05) is 11.3 Å². The van der Waals surface area contributed by atoms with Crippen LogP contribution in [0.2, 0.25) is 0 Å². The molecule has 1 fully saturated rings. The van der Waals surface area contributed by atoms with E-state index in [1.54, 1.807) is 6.08 Å². The summed E-state index contributed by atoms with van der Waals surface area (Å²) in [5.41, 5.74) is 1.02. The van der Waals surface area contributed by atoms with Gasteiger partial charge in [-0.2, -0.15) is 11.8 Å². The summed E-state index contributed by atoms with van der Waals surface area (Å²) in [4.78, 5) is 11.5. The van der Waals surface area contributed by atoms with E-state index in [9.17, 15) is 4.79 Å². The van der Waals surface area contributed by atoms with E-state index in [0.717, 1.165) is 17.2 Å². The van der Waals surface area contributed by atoms with Crippen molar-refractivity contribution in [1.29, 1.82) is 0 Å². The standard InChI is InChI=1S/C16H20O2S/c17-16(18-13-14-7-2-1-3-8-14)11-5-4-9-15-10-6-12-19-15/h1-3,5,7-8,11,15H,4,6,9-10,12-13H2/b11-5+. The number of benzene rings is 1. The molecule has 1 aromatic rings. The fraction of sp³-hybridized carbons (Fsp3) is 0.438. The third-order valence-corrected chi connectivity index (χ3v) is 4.62.